The number of pyridine rings is 1. The number of aryl methyl sites for hydroxylation is 1. The third kappa shape index (κ3) is 2.88. The number of nitrogens with one attached hydrogen (secondary N) is 1. The Morgan fingerprint density at radius 3 is 2.82 bits per heavy atom. The van der Waals surface area contributed by atoms with Gasteiger partial charge in [0, 0.05) is 13.1 Å². The summed E-state index contributed by atoms with van der Waals surface area (Å²) in [6, 6.07) is 11.2. The lowest BCUT2D eigenvalue weighted by molar-refractivity contribution is 0.463. The van der Waals surface area contributed by atoms with E-state index in [4.69, 9.17) is 16.3 Å². The van der Waals surface area contributed by atoms with Crippen LogP contribution in [0, 0.1) is 6.92 Å². The molecule has 1 heterocycles. The highest BCUT2D eigenvalue weighted by molar-refractivity contribution is 6.32. The van der Waals surface area contributed by atoms with Crippen LogP contribution in [0.3, 0.4) is 0 Å². The van der Waals surface area contributed by atoms with Crippen molar-refractivity contribution in [2.45, 2.75) is 6.92 Å². The molecule has 1 aromatic heterocycles. The van der Waals surface area contributed by atoms with E-state index in [2.05, 4.69) is 10.3 Å². The Morgan fingerprint density at radius 1 is 1.24 bits per heavy atom. The van der Waals surface area contributed by atoms with Gasteiger partial charge < -0.3 is 10.1 Å². The van der Waals surface area contributed by atoms with E-state index in [0.717, 1.165) is 11.4 Å². The van der Waals surface area contributed by atoms with Crippen LogP contribution in [0.2, 0.25) is 5.02 Å². The maximum atomic E-state index is 6.05. The summed E-state index contributed by atoms with van der Waals surface area (Å²) < 4.78 is 5.65. The molecular weight excluding hydrogens is 236 g/mol. The maximum absolute atomic E-state index is 6.05. The molecule has 0 saturated heterocycles. The summed E-state index contributed by atoms with van der Waals surface area (Å²) in [5, 5.41) is 3.53. The topological polar surface area (TPSA) is 34.1 Å². The molecule has 0 fully saturated rings. The average molecular weight is 249 g/mol. The van der Waals surface area contributed by atoms with Crippen molar-refractivity contribution >= 4 is 17.4 Å². The number of ether oxygens (including phenoxy) is 1. The van der Waals surface area contributed by atoms with E-state index in [1.807, 2.05) is 44.3 Å². The van der Waals surface area contributed by atoms with E-state index in [9.17, 15) is 0 Å². The summed E-state index contributed by atoms with van der Waals surface area (Å²) in [6.07, 6.45) is 0. The predicted molar refractivity (Wildman–Crippen MR) is 70.0 cm³/mol. The Labute approximate surface area is 105 Å². The van der Waals surface area contributed by atoms with Crippen LogP contribution in [0.5, 0.6) is 11.6 Å². The molecular formula is C13H13ClN2O. The van der Waals surface area contributed by atoms with E-state index in [0.29, 0.717) is 16.7 Å². The standard InChI is InChI=1S/C13H13ClN2O/c1-9-6-7-10(14)11(8-9)17-13-5-3-4-12(15-2)16-13/h3-8H,1-2H3,(H,15,16). The Kier molecular flexibility index (Phi) is 3.49. The van der Waals surface area contributed by atoms with Gasteiger partial charge in [-0.2, -0.15) is 4.98 Å². The van der Waals surface area contributed by atoms with Crippen LogP contribution in [0.25, 0.3) is 0 Å². The Morgan fingerprint density at radius 2 is 2.06 bits per heavy atom. The first kappa shape index (κ1) is 11.7. The highest BCUT2D eigenvalue weighted by Gasteiger charge is 2.04. The summed E-state index contributed by atoms with van der Waals surface area (Å²) in [7, 11) is 1.81. The van der Waals surface area contributed by atoms with E-state index in [1.165, 1.54) is 0 Å². The normalized spacial score (nSPS) is 10.1. The van der Waals surface area contributed by atoms with Crippen molar-refractivity contribution in [2.24, 2.45) is 0 Å². The molecule has 0 aliphatic rings. The molecule has 3 nitrogen and oxygen atoms in total. The molecule has 1 aromatic carbocycles. The number of rotatable bonds is 3. The van der Waals surface area contributed by atoms with Crippen LogP contribution in [-0.2, 0) is 0 Å². The largest absolute Gasteiger partial charge is 0.437 e. The number of nitrogens with zero attached hydrogens (tertiary/aromatic N) is 1. The summed E-state index contributed by atoms with van der Waals surface area (Å²) in [4.78, 5) is 4.27. The number of hydrogen-bond acceptors (Lipinski definition) is 3. The van der Waals surface area contributed by atoms with Gasteiger partial charge in [0.25, 0.3) is 0 Å². The molecule has 0 bridgehead atoms. The fraction of sp³-hybridized carbons (Fsp3) is 0.154. The molecule has 2 rings (SSSR count). The predicted octanol–water partition coefficient (Wildman–Crippen LogP) is 3.88. The summed E-state index contributed by atoms with van der Waals surface area (Å²) in [5.74, 6) is 1.89. The van der Waals surface area contributed by atoms with Crippen molar-refractivity contribution in [1.29, 1.82) is 0 Å². The summed E-state index contributed by atoms with van der Waals surface area (Å²) >= 11 is 6.05. The van der Waals surface area contributed by atoms with Crippen molar-refractivity contribution in [3.63, 3.8) is 0 Å². The van der Waals surface area contributed by atoms with Crippen molar-refractivity contribution in [3.8, 4) is 11.6 Å². The van der Waals surface area contributed by atoms with Gasteiger partial charge in [-0.05, 0) is 30.7 Å². The summed E-state index contributed by atoms with van der Waals surface area (Å²) in [6.45, 7) is 1.99. The van der Waals surface area contributed by atoms with Crippen molar-refractivity contribution in [3.05, 3.63) is 47.0 Å². The van der Waals surface area contributed by atoms with E-state index < -0.39 is 0 Å². The number of halogens is 1. The smallest absolute Gasteiger partial charge is 0.221 e. The zero-order valence-electron chi connectivity index (χ0n) is 9.70. The molecule has 0 aliphatic carbocycles. The molecule has 2 aromatic rings. The van der Waals surface area contributed by atoms with Gasteiger partial charge >= 0.3 is 0 Å². The Bertz CT molecular complexity index is 529. The fourth-order valence-electron chi connectivity index (χ4n) is 1.41. The molecule has 1 N–H and O–H groups in total. The minimum absolute atomic E-state index is 0.518. The fourth-order valence-corrected chi connectivity index (χ4v) is 1.57. The van der Waals surface area contributed by atoms with Gasteiger partial charge in [-0.3, -0.25) is 0 Å². The SMILES string of the molecule is CNc1cccc(Oc2cc(C)ccc2Cl)n1. The molecule has 0 unspecified atom stereocenters. The molecule has 0 spiro atoms. The molecule has 0 atom stereocenters. The van der Waals surface area contributed by atoms with Gasteiger partial charge in [-0.15, -0.1) is 0 Å². The van der Waals surface area contributed by atoms with Gasteiger partial charge in [0.1, 0.15) is 11.6 Å². The van der Waals surface area contributed by atoms with Gasteiger partial charge in [-0.25, -0.2) is 0 Å². The Balaban J connectivity index is 2.27. The second-order valence-corrected chi connectivity index (χ2v) is 4.05. The third-order valence-electron chi connectivity index (χ3n) is 2.28. The van der Waals surface area contributed by atoms with E-state index >= 15 is 0 Å². The van der Waals surface area contributed by atoms with Crippen LogP contribution in [0.1, 0.15) is 5.56 Å². The molecule has 17 heavy (non-hydrogen) atoms. The zero-order valence-corrected chi connectivity index (χ0v) is 10.5. The molecule has 0 radical (unpaired) electrons. The van der Waals surface area contributed by atoms with E-state index in [1.54, 1.807) is 6.07 Å². The lowest BCUT2D eigenvalue weighted by atomic mass is 10.2. The molecule has 0 aliphatic heterocycles. The van der Waals surface area contributed by atoms with Crippen molar-refractivity contribution in [1.82, 2.24) is 4.98 Å². The zero-order chi connectivity index (χ0) is 12.3. The monoisotopic (exact) mass is 248 g/mol. The number of hydrogen-bond donors (Lipinski definition) is 1. The first-order chi connectivity index (χ1) is 8.19. The van der Waals surface area contributed by atoms with Crippen LogP contribution >= 0.6 is 11.6 Å². The van der Waals surface area contributed by atoms with Gasteiger partial charge in [0.05, 0.1) is 5.02 Å². The van der Waals surface area contributed by atoms with Gasteiger partial charge in [0.2, 0.25) is 5.88 Å². The lowest BCUT2D eigenvalue weighted by Gasteiger charge is -2.08. The molecule has 0 saturated carbocycles. The van der Waals surface area contributed by atoms with Gasteiger partial charge in [-0.1, -0.05) is 23.7 Å². The number of anilines is 1. The van der Waals surface area contributed by atoms with Crippen LogP contribution in [0.15, 0.2) is 36.4 Å². The quantitative estimate of drug-likeness (QED) is 0.895. The lowest BCUT2D eigenvalue weighted by Crippen LogP contribution is -1.94. The first-order valence-electron chi connectivity index (χ1n) is 5.28. The van der Waals surface area contributed by atoms with Gasteiger partial charge in [0.15, 0.2) is 0 Å². The maximum Gasteiger partial charge on any atom is 0.221 e. The number of benzene rings is 1. The second-order valence-electron chi connectivity index (χ2n) is 3.65. The molecule has 0 amide bonds. The highest BCUT2D eigenvalue weighted by atomic mass is 35.5. The van der Waals surface area contributed by atoms with Crippen LogP contribution < -0.4 is 10.1 Å². The Hall–Kier alpha value is -1.74. The minimum Gasteiger partial charge on any atom is -0.437 e. The minimum atomic E-state index is 0.518. The van der Waals surface area contributed by atoms with E-state index in [-0.39, 0.29) is 0 Å². The van der Waals surface area contributed by atoms with Crippen LogP contribution in [-0.4, -0.2) is 12.0 Å². The highest BCUT2D eigenvalue weighted by Crippen LogP contribution is 2.29. The second kappa shape index (κ2) is 5.06. The third-order valence-corrected chi connectivity index (χ3v) is 2.59. The van der Waals surface area contributed by atoms with Crippen molar-refractivity contribution in [2.75, 3.05) is 12.4 Å². The first-order valence-corrected chi connectivity index (χ1v) is 5.65. The van der Waals surface area contributed by atoms with Crippen LogP contribution in [0.4, 0.5) is 5.82 Å². The number of aromatic nitrogens is 1. The van der Waals surface area contributed by atoms with Crippen molar-refractivity contribution < 1.29 is 4.74 Å². The summed E-state index contributed by atoms with van der Waals surface area (Å²) in [5.41, 5.74) is 1.09. The molecule has 88 valence electrons. The molecule has 4 heteroatoms. The average Bonchev–Trinajstić information content (AvgIpc) is 2.34.